The number of hydrogen-bond donors (Lipinski definition) is 2. The van der Waals surface area contributed by atoms with Gasteiger partial charge in [-0.1, -0.05) is 0 Å². The van der Waals surface area contributed by atoms with Crippen LogP contribution in [0, 0.1) is 0 Å². The molecular formula is C14H21N3O. The Morgan fingerprint density at radius 2 is 2.06 bits per heavy atom. The van der Waals surface area contributed by atoms with Gasteiger partial charge in [-0.25, -0.2) is 0 Å². The molecule has 2 rings (SSSR count). The van der Waals surface area contributed by atoms with E-state index in [1.54, 1.807) is 6.07 Å². The molecule has 4 heteroatoms. The molecule has 0 bridgehead atoms. The Morgan fingerprint density at radius 3 is 2.67 bits per heavy atom. The number of piperidine rings is 1. The molecule has 3 N–H and O–H groups in total. The van der Waals surface area contributed by atoms with E-state index in [1.807, 2.05) is 19.1 Å². The highest BCUT2D eigenvalue weighted by molar-refractivity contribution is 5.96. The van der Waals surface area contributed by atoms with Gasteiger partial charge in [0.25, 0.3) is 5.91 Å². The van der Waals surface area contributed by atoms with Crippen LogP contribution in [0.2, 0.25) is 0 Å². The van der Waals surface area contributed by atoms with Crippen LogP contribution in [0.25, 0.3) is 0 Å². The Labute approximate surface area is 108 Å². The van der Waals surface area contributed by atoms with Crippen molar-refractivity contribution >= 4 is 17.3 Å². The smallest absolute Gasteiger partial charge is 0.251 e. The molecule has 0 radical (unpaired) electrons. The zero-order valence-corrected chi connectivity index (χ0v) is 10.9. The predicted octanol–water partition coefficient (Wildman–Crippen LogP) is 2.01. The van der Waals surface area contributed by atoms with Gasteiger partial charge in [-0.05, 0) is 44.4 Å². The first-order valence-electron chi connectivity index (χ1n) is 6.65. The standard InChI is InChI=1S/C14H21N3O/c1-2-16-14(18)11-6-7-13(12(15)10-11)17-8-4-3-5-9-17/h6-7,10H,2-5,8-9,15H2,1H3,(H,16,18). The van der Waals surface area contributed by atoms with Gasteiger partial charge in [0, 0.05) is 25.2 Å². The minimum Gasteiger partial charge on any atom is -0.397 e. The fraction of sp³-hybridized carbons (Fsp3) is 0.500. The largest absolute Gasteiger partial charge is 0.397 e. The zero-order chi connectivity index (χ0) is 13.0. The summed E-state index contributed by atoms with van der Waals surface area (Å²) in [5.41, 5.74) is 8.45. The van der Waals surface area contributed by atoms with Crippen molar-refractivity contribution in [1.29, 1.82) is 0 Å². The van der Waals surface area contributed by atoms with Crippen LogP contribution < -0.4 is 16.0 Å². The van der Waals surface area contributed by atoms with Gasteiger partial charge >= 0.3 is 0 Å². The third kappa shape index (κ3) is 2.75. The number of amides is 1. The van der Waals surface area contributed by atoms with Crippen molar-refractivity contribution in [1.82, 2.24) is 5.32 Å². The van der Waals surface area contributed by atoms with Crippen LogP contribution in [0.3, 0.4) is 0 Å². The lowest BCUT2D eigenvalue weighted by Crippen LogP contribution is -2.30. The number of nitrogens with two attached hydrogens (primary N) is 1. The number of hydrogen-bond acceptors (Lipinski definition) is 3. The Kier molecular flexibility index (Phi) is 4.07. The van der Waals surface area contributed by atoms with Gasteiger partial charge in [0.15, 0.2) is 0 Å². The summed E-state index contributed by atoms with van der Waals surface area (Å²) in [7, 11) is 0. The highest BCUT2D eigenvalue weighted by Gasteiger charge is 2.14. The molecule has 0 aliphatic carbocycles. The fourth-order valence-corrected chi connectivity index (χ4v) is 2.38. The summed E-state index contributed by atoms with van der Waals surface area (Å²) in [4.78, 5) is 14.0. The Morgan fingerprint density at radius 1 is 1.33 bits per heavy atom. The monoisotopic (exact) mass is 247 g/mol. The molecule has 1 saturated heterocycles. The molecule has 0 unspecified atom stereocenters. The van der Waals surface area contributed by atoms with Gasteiger partial charge in [0.2, 0.25) is 0 Å². The summed E-state index contributed by atoms with van der Waals surface area (Å²) < 4.78 is 0. The van der Waals surface area contributed by atoms with Crippen molar-refractivity contribution in [3.8, 4) is 0 Å². The van der Waals surface area contributed by atoms with E-state index in [0.717, 1.165) is 18.8 Å². The van der Waals surface area contributed by atoms with E-state index < -0.39 is 0 Å². The maximum absolute atomic E-state index is 11.7. The highest BCUT2D eigenvalue weighted by atomic mass is 16.1. The molecule has 0 aromatic heterocycles. The molecule has 1 fully saturated rings. The summed E-state index contributed by atoms with van der Waals surface area (Å²) in [5, 5.41) is 2.78. The topological polar surface area (TPSA) is 58.4 Å². The number of rotatable bonds is 3. The number of nitrogen functional groups attached to an aromatic ring is 1. The van der Waals surface area contributed by atoms with Crippen LogP contribution in [-0.4, -0.2) is 25.5 Å². The van der Waals surface area contributed by atoms with Crippen LogP contribution in [-0.2, 0) is 0 Å². The fourth-order valence-electron chi connectivity index (χ4n) is 2.38. The van der Waals surface area contributed by atoms with Crippen LogP contribution in [0.4, 0.5) is 11.4 Å². The van der Waals surface area contributed by atoms with E-state index in [2.05, 4.69) is 10.2 Å². The van der Waals surface area contributed by atoms with Crippen LogP contribution in [0.5, 0.6) is 0 Å². The summed E-state index contributed by atoms with van der Waals surface area (Å²) in [6.07, 6.45) is 3.74. The van der Waals surface area contributed by atoms with Crippen molar-refractivity contribution in [3.63, 3.8) is 0 Å². The molecule has 4 nitrogen and oxygen atoms in total. The van der Waals surface area contributed by atoms with Crippen molar-refractivity contribution in [2.45, 2.75) is 26.2 Å². The van der Waals surface area contributed by atoms with E-state index in [0.29, 0.717) is 17.8 Å². The number of nitrogens with one attached hydrogen (secondary N) is 1. The Bertz CT molecular complexity index is 425. The third-order valence-corrected chi connectivity index (χ3v) is 3.32. The van der Waals surface area contributed by atoms with Gasteiger partial charge in [-0.15, -0.1) is 0 Å². The van der Waals surface area contributed by atoms with Crippen LogP contribution >= 0.6 is 0 Å². The molecule has 0 saturated carbocycles. The second-order valence-corrected chi connectivity index (χ2v) is 4.68. The molecule has 18 heavy (non-hydrogen) atoms. The van der Waals surface area contributed by atoms with Crippen molar-refractivity contribution in [3.05, 3.63) is 23.8 Å². The van der Waals surface area contributed by atoms with Crippen molar-refractivity contribution in [2.24, 2.45) is 0 Å². The molecular weight excluding hydrogens is 226 g/mol. The summed E-state index contributed by atoms with van der Waals surface area (Å²) in [6.45, 7) is 4.66. The highest BCUT2D eigenvalue weighted by Crippen LogP contribution is 2.27. The first-order valence-corrected chi connectivity index (χ1v) is 6.65. The SMILES string of the molecule is CCNC(=O)c1ccc(N2CCCCC2)c(N)c1. The van der Waals surface area contributed by atoms with Crippen LogP contribution in [0.15, 0.2) is 18.2 Å². The average molecular weight is 247 g/mol. The summed E-state index contributed by atoms with van der Waals surface area (Å²) in [5.74, 6) is -0.0607. The minimum atomic E-state index is -0.0607. The molecule has 1 heterocycles. The molecule has 1 amide bonds. The second-order valence-electron chi connectivity index (χ2n) is 4.68. The lowest BCUT2D eigenvalue weighted by molar-refractivity contribution is 0.0956. The van der Waals surface area contributed by atoms with Gasteiger partial charge in [-0.3, -0.25) is 4.79 Å². The molecule has 0 atom stereocenters. The van der Waals surface area contributed by atoms with E-state index >= 15 is 0 Å². The third-order valence-electron chi connectivity index (χ3n) is 3.32. The maximum atomic E-state index is 11.7. The second kappa shape index (κ2) is 5.76. The quantitative estimate of drug-likeness (QED) is 0.803. The normalized spacial score (nSPS) is 15.5. The minimum absolute atomic E-state index is 0.0607. The summed E-state index contributed by atoms with van der Waals surface area (Å²) in [6, 6.07) is 5.59. The van der Waals surface area contributed by atoms with E-state index in [1.165, 1.54) is 19.3 Å². The molecule has 1 aliphatic heterocycles. The van der Waals surface area contributed by atoms with Gasteiger partial charge < -0.3 is 16.0 Å². The number of nitrogens with zero attached hydrogens (tertiary/aromatic N) is 1. The molecule has 1 aliphatic rings. The number of carbonyl (C=O) groups excluding carboxylic acids is 1. The average Bonchev–Trinajstić information content (AvgIpc) is 2.40. The first kappa shape index (κ1) is 12.7. The number of anilines is 2. The lowest BCUT2D eigenvalue weighted by Gasteiger charge is -2.30. The Balaban J connectivity index is 2.16. The van der Waals surface area contributed by atoms with Gasteiger partial charge in [0.1, 0.15) is 0 Å². The number of carbonyl (C=O) groups is 1. The van der Waals surface area contributed by atoms with E-state index in [4.69, 9.17) is 5.73 Å². The van der Waals surface area contributed by atoms with E-state index in [9.17, 15) is 4.79 Å². The molecule has 1 aromatic rings. The number of benzene rings is 1. The first-order chi connectivity index (χ1) is 8.72. The van der Waals surface area contributed by atoms with E-state index in [-0.39, 0.29) is 5.91 Å². The van der Waals surface area contributed by atoms with Crippen LogP contribution in [0.1, 0.15) is 36.5 Å². The predicted molar refractivity (Wildman–Crippen MR) is 74.9 cm³/mol. The van der Waals surface area contributed by atoms with Crippen molar-refractivity contribution < 1.29 is 4.79 Å². The molecule has 0 spiro atoms. The zero-order valence-electron chi connectivity index (χ0n) is 10.9. The maximum Gasteiger partial charge on any atom is 0.251 e. The van der Waals surface area contributed by atoms with Crippen molar-refractivity contribution in [2.75, 3.05) is 30.3 Å². The molecule has 98 valence electrons. The Hall–Kier alpha value is -1.71. The lowest BCUT2D eigenvalue weighted by atomic mass is 10.1. The van der Waals surface area contributed by atoms with Gasteiger partial charge in [-0.2, -0.15) is 0 Å². The summed E-state index contributed by atoms with van der Waals surface area (Å²) >= 11 is 0. The molecule has 1 aromatic carbocycles. The van der Waals surface area contributed by atoms with Gasteiger partial charge in [0.05, 0.1) is 11.4 Å².